The van der Waals surface area contributed by atoms with Crippen molar-refractivity contribution in [2.24, 2.45) is 0 Å². The molecule has 0 spiro atoms. The van der Waals surface area contributed by atoms with E-state index in [1.165, 1.54) is 12.0 Å². The maximum atomic E-state index is 12.7. The molecule has 1 aliphatic rings. The van der Waals surface area contributed by atoms with Crippen molar-refractivity contribution in [2.45, 2.75) is 6.54 Å². The zero-order valence-electron chi connectivity index (χ0n) is 17.9. The van der Waals surface area contributed by atoms with Crippen molar-refractivity contribution >= 4 is 34.4 Å². The Kier molecular flexibility index (Phi) is 6.15. The summed E-state index contributed by atoms with van der Waals surface area (Å²) in [7, 11) is 0. The Balaban J connectivity index is 1.13. The summed E-state index contributed by atoms with van der Waals surface area (Å²) in [6.07, 6.45) is 1.40. The lowest BCUT2D eigenvalue weighted by Gasteiger charge is -2.34. The highest BCUT2D eigenvalue weighted by molar-refractivity contribution is 6.30. The number of halogens is 1. The van der Waals surface area contributed by atoms with Crippen LogP contribution in [0.1, 0.15) is 5.56 Å². The molecule has 1 fully saturated rings. The van der Waals surface area contributed by atoms with Gasteiger partial charge in [-0.05, 0) is 54.1 Å². The Morgan fingerprint density at radius 3 is 2.64 bits per heavy atom. The number of anilines is 1. The maximum Gasteiger partial charge on any atom is 0.321 e. The second-order valence-electron chi connectivity index (χ2n) is 7.93. The molecule has 8 heteroatoms. The first-order valence-electron chi connectivity index (χ1n) is 10.8. The third-order valence-electron chi connectivity index (χ3n) is 5.60. The third kappa shape index (κ3) is 5.27. The molecule has 1 N–H and O–H groups in total. The number of rotatable bonds is 5. The van der Waals surface area contributed by atoms with Crippen molar-refractivity contribution < 1.29 is 13.9 Å². The summed E-state index contributed by atoms with van der Waals surface area (Å²) in [5.74, 6) is 1.54. The number of amides is 2. The topological polar surface area (TPSA) is 70.8 Å². The van der Waals surface area contributed by atoms with Gasteiger partial charge in [0.15, 0.2) is 12.0 Å². The van der Waals surface area contributed by atoms with E-state index in [0.29, 0.717) is 29.4 Å². The van der Waals surface area contributed by atoms with Crippen molar-refractivity contribution in [3.05, 3.63) is 83.7 Å². The number of carbonyl (C=O) groups excluding carboxylic acids is 1. The molecule has 0 saturated carbocycles. The van der Waals surface area contributed by atoms with Crippen LogP contribution in [0.2, 0.25) is 5.02 Å². The Morgan fingerprint density at radius 1 is 1.00 bits per heavy atom. The van der Waals surface area contributed by atoms with Crippen molar-refractivity contribution in [3.63, 3.8) is 0 Å². The summed E-state index contributed by atoms with van der Waals surface area (Å²) < 4.78 is 11.2. The van der Waals surface area contributed by atoms with Crippen LogP contribution in [0.15, 0.2) is 77.5 Å². The number of ether oxygens (including phenoxy) is 1. The van der Waals surface area contributed by atoms with Crippen LogP contribution >= 0.6 is 11.6 Å². The zero-order valence-corrected chi connectivity index (χ0v) is 18.7. The van der Waals surface area contributed by atoms with Crippen molar-refractivity contribution in [1.82, 2.24) is 14.8 Å². The molecule has 4 aromatic rings. The normalized spacial score (nSPS) is 14.4. The molecule has 0 bridgehead atoms. The van der Waals surface area contributed by atoms with Crippen LogP contribution < -0.4 is 10.1 Å². The predicted octanol–water partition coefficient (Wildman–Crippen LogP) is 5.62. The van der Waals surface area contributed by atoms with E-state index in [0.717, 1.165) is 36.6 Å². The summed E-state index contributed by atoms with van der Waals surface area (Å²) in [5.41, 5.74) is 3.29. The van der Waals surface area contributed by atoms with Gasteiger partial charge in [-0.2, -0.15) is 0 Å². The Hall–Kier alpha value is -3.55. The Labute approximate surface area is 196 Å². The van der Waals surface area contributed by atoms with E-state index in [2.05, 4.69) is 21.3 Å². The van der Waals surface area contributed by atoms with Gasteiger partial charge in [0.05, 0.1) is 0 Å². The SMILES string of the molecule is O=C(Nc1ccc2ncoc2c1)N1CCN(Cc2cccc(Oc3ccc(Cl)cc3)c2)CC1. The van der Waals surface area contributed by atoms with Gasteiger partial charge in [0, 0.05) is 49.5 Å². The first-order chi connectivity index (χ1) is 16.1. The highest BCUT2D eigenvalue weighted by atomic mass is 35.5. The largest absolute Gasteiger partial charge is 0.457 e. The highest BCUT2D eigenvalue weighted by Gasteiger charge is 2.21. The number of fused-ring (bicyclic) bond motifs is 1. The Morgan fingerprint density at radius 2 is 1.82 bits per heavy atom. The molecular formula is C25H23ClN4O3. The van der Waals surface area contributed by atoms with Gasteiger partial charge in [-0.3, -0.25) is 4.90 Å². The molecule has 5 rings (SSSR count). The number of piperazine rings is 1. The summed E-state index contributed by atoms with van der Waals surface area (Å²) in [6, 6.07) is 20.7. The molecule has 2 amide bonds. The number of benzene rings is 3. The number of aromatic nitrogens is 1. The summed E-state index contributed by atoms with van der Waals surface area (Å²) in [5, 5.41) is 3.63. The van der Waals surface area contributed by atoms with Crippen molar-refractivity contribution in [2.75, 3.05) is 31.5 Å². The van der Waals surface area contributed by atoms with E-state index in [4.69, 9.17) is 20.8 Å². The monoisotopic (exact) mass is 462 g/mol. The van der Waals surface area contributed by atoms with E-state index in [9.17, 15) is 4.79 Å². The van der Waals surface area contributed by atoms with Crippen molar-refractivity contribution in [1.29, 1.82) is 0 Å². The van der Waals surface area contributed by atoms with E-state index in [1.54, 1.807) is 6.07 Å². The number of urea groups is 1. The molecule has 168 valence electrons. The standard InChI is InChI=1S/C25H23ClN4O3/c26-19-4-7-21(8-5-19)33-22-3-1-2-18(14-22)16-29-10-12-30(13-11-29)25(31)28-20-6-9-23-24(15-20)32-17-27-23/h1-9,14-15,17H,10-13,16H2,(H,28,31). The fraction of sp³-hybridized carbons (Fsp3) is 0.200. The zero-order chi connectivity index (χ0) is 22.6. The van der Waals surface area contributed by atoms with Gasteiger partial charge in [-0.25, -0.2) is 9.78 Å². The lowest BCUT2D eigenvalue weighted by atomic mass is 10.2. The molecule has 1 aliphatic heterocycles. The third-order valence-corrected chi connectivity index (χ3v) is 5.85. The number of nitrogens with one attached hydrogen (secondary N) is 1. The van der Waals surface area contributed by atoms with Gasteiger partial charge in [0.25, 0.3) is 0 Å². The molecular weight excluding hydrogens is 440 g/mol. The molecule has 1 aromatic heterocycles. The van der Waals surface area contributed by atoms with E-state index >= 15 is 0 Å². The van der Waals surface area contributed by atoms with Crippen LogP contribution in [0.4, 0.5) is 10.5 Å². The molecule has 0 aliphatic carbocycles. The fourth-order valence-corrected chi connectivity index (χ4v) is 3.97. The summed E-state index contributed by atoms with van der Waals surface area (Å²) in [6.45, 7) is 3.73. The lowest BCUT2D eigenvalue weighted by molar-refractivity contribution is 0.143. The van der Waals surface area contributed by atoms with Crippen LogP contribution in [0.5, 0.6) is 11.5 Å². The average molecular weight is 463 g/mol. The number of hydrogen-bond donors (Lipinski definition) is 1. The molecule has 0 atom stereocenters. The van der Waals surface area contributed by atoms with Crippen LogP contribution in [-0.4, -0.2) is 47.0 Å². The fourth-order valence-electron chi connectivity index (χ4n) is 3.85. The van der Waals surface area contributed by atoms with Gasteiger partial charge >= 0.3 is 6.03 Å². The minimum Gasteiger partial charge on any atom is -0.457 e. The van der Waals surface area contributed by atoms with Crippen LogP contribution in [-0.2, 0) is 6.54 Å². The molecule has 7 nitrogen and oxygen atoms in total. The second-order valence-corrected chi connectivity index (χ2v) is 8.37. The number of nitrogens with zero attached hydrogens (tertiary/aromatic N) is 3. The van der Waals surface area contributed by atoms with Crippen LogP contribution in [0.3, 0.4) is 0 Å². The minimum atomic E-state index is -0.105. The van der Waals surface area contributed by atoms with E-state index < -0.39 is 0 Å². The second kappa shape index (κ2) is 9.52. The average Bonchev–Trinajstić information content (AvgIpc) is 3.29. The maximum absolute atomic E-state index is 12.7. The van der Waals surface area contributed by atoms with Gasteiger partial charge in [0.2, 0.25) is 0 Å². The van der Waals surface area contributed by atoms with Gasteiger partial charge in [-0.1, -0.05) is 23.7 Å². The lowest BCUT2D eigenvalue weighted by Crippen LogP contribution is -2.49. The van der Waals surface area contributed by atoms with Gasteiger partial charge < -0.3 is 19.4 Å². The molecule has 33 heavy (non-hydrogen) atoms. The van der Waals surface area contributed by atoms with Crippen molar-refractivity contribution in [3.8, 4) is 11.5 Å². The summed E-state index contributed by atoms with van der Waals surface area (Å²) in [4.78, 5) is 20.9. The number of oxazole rings is 1. The quantitative estimate of drug-likeness (QED) is 0.416. The number of hydrogen-bond acceptors (Lipinski definition) is 5. The minimum absolute atomic E-state index is 0.105. The molecule has 1 saturated heterocycles. The highest BCUT2D eigenvalue weighted by Crippen LogP contribution is 2.24. The molecule has 3 aromatic carbocycles. The summed E-state index contributed by atoms with van der Waals surface area (Å²) >= 11 is 5.94. The first kappa shape index (κ1) is 21.3. The van der Waals surface area contributed by atoms with Gasteiger partial charge in [0.1, 0.15) is 17.0 Å². The molecule has 0 radical (unpaired) electrons. The van der Waals surface area contributed by atoms with Crippen LogP contribution in [0, 0.1) is 0 Å². The first-order valence-corrected chi connectivity index (χ1v) is 11.1. The predicted molar refractivity (Wildman–Crippen MR) is 128 cm³/mol. The smallest absolute Gasteiger partial charge is 0.321 e. The van der Waals surface area contributed by atoms with Gasteiger partial charge in [-0.15, -0.1) is 0 Å². The number of carbonyl (C=O) groups is 1. The molecule has 0 unspecified atom stereocenters. The molecule has 2 heterocycles. The van der Waals surface area contributed by atoms with Crippen LogP contribution in [0.25, 0.3) is 11.1 Å². The van der Waals surface area contributed by atoms with E-state index in [1.807, 2.05) is 59.5 Å². The Bertz CT molecular complexity index is 1250. The van der Waals surface area contributed by atoms with E-state index in [-0.39, 0.29) is 6.03 Å².